The molecule has 1 amide bonds. The lowest BCUT2D eigenvalue weighted by molar-refractivity contribution is 0.0482. The van der Waals surface area contributed by atoms with Gasteiger partial charge in [-0.05, 0) is 43.6 Å². The molecule has 2 saturated heterocycles. The number of hydrogen-bond acceptors (Lipinski definition) is 4. The van der Waals surface area contributed by atoms with Crippen LogP contribution in [0.1, 0.15) is 54.4 Å². The van der Waals surface area contributed by atoms with E-state index in [0.717, 1.165) is 31.4 Å². The average molecular weight is 283 g/mol. The third-order valence-electron chi connectivity index (χ3n) is 4.15. The Morgan fingerprint density at radius 3 is 2.74 bits per heavy atom. The molecular formula is C13H18FN3OS. The van der Waals surface area contributed by atoms with Crippen molar-refractivity contribution in [1.82, 2.24) is 14.5 Å². The second-order valence-electron chi connectivity index (χ2n) is 5.46. The minimum Gasteiger partial charge on any atom is -0.332 e. The van der Waals surface area contributed by atoms with Crippen molar-refractivity contribution in [3.8, 4) is 0 Å². The van der Waals surface area contributed by atoms with Crippen LogP contribution in [0.5, 0.6) is 0 Å². The summed E-state index contributed by atoms with van der Waals surface area (Å²) in [5, 5.41) is 4.05. The highest BCUT2D eigenvalue weighted by Crippen LogP contribution is 2.38. The van der Waals surface area contributed by atoms with E-state index >= 15 is 0 Å². The van der Waals surface area contributed by atoms with Gasteiger partial charge < -0.3 is 4.90 Å². The lowest BCUT2D eigenvalue weighted by Gasteiger charge is -2.36. The summed E-state index contributed by atoms with van der Waals surface area (Å²) in [5.41, 5.74) is 0.805. The zero-order chi connectivity index (χ0) is 13.4. The molecule has 2 aliphatic rings. The van der Waals surface area contributed by atoms with Crippen molar-refractivity contribution in [3.63, 3.8) is 0 Å². The van der Waals surface area contributed by atoms with Crippen LogP contribution < -0.4 is 0 Å². The average Bonchev–Trinajstić information content (AvgIpc) is 2.93. The summed E-state index contributed by atoms with van der Waals surface area (Å²) in [6, 6.07) is 0.163. The van der Waals surface area contributed by atoms with E-state index in [4.69, 9.17) is 0 Å². The number of carbonyl (C=O) groups is 1. The Bertz CT molecular complexity index is 464. The molecule has 3 heterocycles. The number of rotatable bonds is 3. The van der Waals surface area contributed by atoms with Gasteiger partial charge in [0.25, 0.3) is 5.91 Å². The number of amides is 1. The van der Waals surface area contributed by atoms with E-state index < -0.39 is 6.17 Å². The number of hydrogen-bond donors (Lipinski definition) is 0. The highest BCUT2D eigenvalue weighted by molar-refractivity contribution is 7.08. The fraction of sp³-hybridized carbons (Fsp3) is 0.769. The Labute approximate surface area is 116 Å². The predicted octanol–water partition coefficient (Wildman–Crippen LogP) is 2.60. The van der Waals surface area contributed by atoms with Crippen LogP contribution in [-0.4, -0.2) is 38.6 Å². The van der Waals surface area contributed by atoms with Crippen molar-refractivity contribution in [3.05, 3.63) is 10.6 Å². The van der Waals surface area contributed by atoms with E-state index in [9.17, 15) is 9.18 Å². The zero-order valence-electron chi connectivity index (χ0n) is 11.0. The maximum absolute atomic E-state index is 13.5. The van der Waals surface area contributed by atoms with Crippen LogP contribution in [0.4, 0.5) is 4.39 Å². The van der Waals surface area contributed by atoms with Gasteiger partial charge in [-0.1, -0.05) is 17.8 Å². The first-order valence-corrected chi connectivity index (χ1v) is 7.76. The van der Waals surface area contributed by atoms with Crippen molar-refractivity contribution >= 4 is 17.4 Å². The molecule has 0 saturated carbocycles. The fourth-order valence-corrected chi connectivity index (χ4v) is 3.98. The van der Waals surface area contributed by atoms with Gasteiger partial charge in [0.05, 0.1) is 5.69 Å². The van der Waals surface area contributed by atoms with Crippen LogP contribution in [0.25, 0.3) is 0 Å². The third kappa shape index (κ3) is 2.26. The van der Waals surface area contributed by atoms with Crippen molar-refractivity contribution in [2.75, 3.05) is 0 Å². The number of alkyl halides is 1. The number of piperidine rings is 1. The van der Waals surface area contributed by atoms with Gasteiger partial charge in [0.15, 0.2) is 0 Å². The van der Waals surface area contributed by atoms with Gasteiger partial charge in [-0.25, -0.2) is 4.39 Å². The topological polar surface area (TPSA) is 46.1 Å². The maximum atomic E-state index is 13.5. The van der Waals surface area contributed by atoms with Crippen molar-refractivity contribution in [1.29, 1.82) is 0 Å². The fourth-order valence-electron chi connectivity index (χ4n) is 3.33. The number of halogens is 1. The van der Waals surface area contributed by atoms with Gasteiger partial charge in [-0.2, -0.15) is 0 Å². The summed E-state index contributed by atoms with van der Waals surface area (Å²) in [5.74, 6) is 0.0258. The molecule has 1 aromatic heterocycles. The van der Waals surface area contributed by atoms with Crippen LogP contribution >= 0.6 is 11.5 Å². The van der Waals surface area contributed by atoms with Crippen LogP contribution in [-0.2, 0) is 6.42 Å². The summed E-state index contributed by atoms with van der Waals surface area (Å²) in [7, 11) is 0. The first kappa shape index (κ1) is 13.0. The predicted molar refractivity (Wildman–Crippen MR) is 71.0 cm³/mol. The van der Waals surface area contributed by atoms with Crippen LogP contribution in [0, 0.1) is 0 Å². The van der Waals surface area contributed by atoms with E-state index in [0.29, 0.717) is 17.7 Å². The third-order valence-corrected chi connectivity index (χ3v) is 4.90. The van der Waals surface area contributed by atoms with Gasteiger partial charge in [0.2, 0.25) is 0 Å². The number of aromatic nitrogens is 2. The molecule has 0 spiro atoms. The summed E-state index contributed by atoms with van der Waals surface area (Å²) >= 11 is 1.18. The van der Waals surface area contributed by atoms with E-state index in [1.54, 1.807) is 0 Å². The number of aryl methyl sites for hydroxylation is 1. The molecule has 0 radical (unpaired) electrons. The SMILES string of the molecule is CCCc1nnsc1C(=O)N1C2CCC1CC(F)C2. The summed E-state index contributed by atoms with van der Waals surface area (Å²) in [6.45, 7) is 2.06. The van der Waals surface area contributed by atoms with E-state index in [2.05, 4.69) is 16.5 Å². The highest BCUT2D eigenvalue weighted by atomic mass is 32.1. The summed E-state index contributed by atoms with van der Waals surface area (Å²) in [6.07, 6.45) is 3.86. The Kier molecular flexibility index (Phi) is 3.52. The second-order valence-corrected chi connectivity index (χ2v) is 6.22. The molecule has 0 aromatic carbocycles. The molecule has 19 heavy (non-hydrogen) atoms. The van der Waals surface area contributed by atoms with Crippen molar-refractivity contribution in [2.45, 2.75) is 63.7 Å². The molecule has 1 aromatic rings. The molecular weight excluding hydrogens is 265 g/mol. The molecule has 2 fully saturated rings. The Balaban J connectivity index is 1.82. The number of nitrogens with zero attached hydrogens (tertiary/aromatic N) is 3. The second kappa shape index (κ2) is 5.15. The molecule has 3 rings (SSSR count). The largest absolute Gasteiger partial charge is 0.332 e. The Hall–Kier alpha value is -1.04. The molecule has 2 unspecified atom stereocenters. The van der Waals surface area contributed by atoms with Gasteiger partial charge in [0.1, 0.15) is 11.0 Å². The standard InChI is InChI=1S/C13H18FN3OS/c1-2-3-11-12(19-16-15-11)13(18)17-9-4-5-10(17)7-8(14)6-9/h8-10H,2-7H2,1H3. The van der Waals surface area contributed by atoms with E-state index in [1.165, 1.54) is 11.5 Å². The minimum atomic E-state index is -0.740. The zero-order valence-corrected chi connectivity index (χ0v) is 11.8. The first-order valence-electron chi connectivity index (χ1n) is 6.98. The molecule has 0 N–H and O–H groups in total. The molecule has 2 aliphatic heterocycles. The van der Waals surface area contributed by atoms with Crippen LogP contribution in [0.3, 0.4) is 0 Å². The van der Waals surface area contributed by atoms with E-state index in [-0.39, 0.29) is 18.0 Å². The molecule has 0 aliphatic carbocycles. The van der Waals surface area contributed by atoms with Gasteiger partial charge in [-0.3, -0.25) is 4.79 Å². The quantitative estimate of drug-likeness (QED) is 0.856. The molecule has 2 bridgehead atoms. The normalized spacial score (nSPS) is 29.8. The lowest BCUT2D eigenvalue weighted by Crippen LogP contribution is -2.47. The van der Waals surface area contributed by atoms with E-state index in [1.807, 2.05) is 4.90 Å². The number of fused-ring (bicyclic) bond motifs is 2. The molecule has 104 valence electrons. The number of carbonyl (C=O) groups excluding carboxylic acids is 1. The minimum absolute atomic E-state index is 0.0258. The molecule has 4 nitrogen and oxygen atoms in total. The van der Waals surface area contributed by atoms with Crippen LogP contribution in [0.15, 0.2) is 0 Å². The van der Waals surface area contributed by atoms with Crippen molar-refractivity contribution in [2.24, 2.45) is 0 Å². The summed E-state index contributed by atoms with van der Waals surface area (Å²) in [4.78, 5) is 15.2. The monoisotopic (exact) mass is 283 g/mol. The Morgan fingerprint density at radius 1 is 1.42 bits per heavy atom. The highest BCUT2D eigenvalue weighted by Gasteiger charge is 2.44. The maximum Gasteiger partial charge on any atom is 0.268 e. The first-order chi connectivity index (χ1) is 9.20. The molecule has 2 atom stereocenters. The van der Waals surface area contributed by atoms with Crippen molar-refractivity contribution < 1.29 is 9.18 Å². The lowest BCUT2D eigenvalue weighted by atomic mass is 10.0. The molecule has 6 heteroatoms. The van der Waals surface area contributed by atoms with Gasteiger partial charge >= 0.3 is 0 Å². The van der Waals surface area contributed by atoms with Gasteiger partial charge in [0, 0.05) is 12.1 Å². The smallest absolute Gasteiger partial charge is 0.268 e. The van der Waals surface area contributed by atoms with Gasteiger partial charge in [-0.15, -0.1) is 5.10 Å². The van der Waals surface area contributed by atoms with Crippen LogP contribution in [0.2, 0.25) is 0 Å². The summed E-state index contributed by atoms with van der Waals surface area (Å²) < 4.78 is 17.5. The Morgan fingerprint density at radius 2 is 2.11 bits per heavy atom.